The van der Waals surface area contributed by atoms with Crippen molar-refractivity contribution < 1.29 is 4.39 Å². The van der Waals surface area contributed by atoms with Crippen molar-refractivity contribution in [2.24, 2.45) is 7.05 Å². The maximum Gasteiger partial charge on any atom is 0.123 e. The Hall–Kier alpha value is -2.05. The quantitative estimate of drug-likeness (QED) is 0.786. The zero-order valence-electron chi connectivity index (χ0n) is 12.5. The van der Waals surface area contributed by atoms with Gasteiger partial charge in [0.1, 0.15) is 5.82 Å². The van der Waals surface area contributed by atoms with Crippen LogP contribution in [0, 0.1) is 12.7 Å². The molecule has 1 atom stereocenters. The normalized spacial score (nSPS) is 12.5. The average Bonchev–Trinajstić information content (AvgIpc) is 3.10. The van der Waals surface area contributed by atoms with E-state index in [2.05, 4.69) is 15.4 Å². The number of aromatic nitrogens is 3. The van der Waals surface area contributed by atoms with Crippen molar-refractivity contribution in [2.75, 3.05) is 0 Å². The molecule has 3 aromatic rings. The highest BCUT2D eigenvalue weighted by molar-refractivity contribution is 7.09. The van der Waals surface area contributed by atoms with Crippen LogP contribution in [0.5, 0.6) is 0 Å². The van der Waals surface area contributed by atoms with Gasteiger partial charge in [-0.1, -0.05) is 12.1 Å². The molecule has 1 aromatic carbocycles. The lowest BCUT2D eigenvalue weighted by molar-refractivity contribution is 0.599. The first kappa shape index (κ1) is 14.9. The molecule has 0 saturated heterocycles. The molecule has 114 valence electrons. The smallest absolute Gasteiger partial charge is 0.123 e. The molecule has 22 heavy (non-hydrogen) atoms. The summed E-state index contributed by atoms with van der Waals surface area (Å²) >= 11 is 1.64. The Kier molecular flexibility index (Phi) is 4.31. The second-order valence-corrected chi connectivity index (χ2v) is 6.11. The summed E-state index contributed by atoms with van der Waals surface area (Å²) < 4.78 is 14.9. The first-order valence-corrected chi connectivity index (χ1v) is 7.88. The molecule has 0 saturated carbocycles. The Labute approximate surface area is 132 Å². The lowest BCUT2D eigenvalue weighted by atomic mass is 10.0. The van der Waals surface area contributed by atoms with E-state index in [-0.39, 0.29) is 11.9 Å². The van der Waals surface area contributed by atoms with Crippen molar-refractivity contribution >= 4 is 11.3 Å². The van der Waals surface area contributed by atoms with Gasteiger partial charge in [-0.15, -0.1) is 11.3 Å². The maximum absolute atomic E-state index is 13.2. The van der Waals surface area contributed by atoms with Crippen LogP contribution in [-0.2, 0) is 13.6 Å². The van der Waals surface area contributed by atoms with Gasteiger partial charge >= 0.3 is 0 Å². The van der Waals surface area contributed by atoms with E-state index in [1.54, 1.807) is 28.2 Å². The van der Waals surface area contributed by atoms with Gasteiger partial charge in [-0.25, -0.2) is 9.37 Å². The summed E-state index contributed by atoms with van der Waals surface area (Å²) in [7, 11) is 1.89. The number of halogens is 1. The number of aryl methyl sites for hydroxylation is 2. The topological polar surface area (TPSA) is 42.7 Å². The molecular formula is C16H17FN4S. The maximum atomic E-state index is 13.2. The predicted octanol–water partition coefficient (Wildman–Crippen LogP) is 3.20. The Bertz CT molecular complexity index is 748. The van der Waals surface area contributed by atoms with Gasteiger partial charge in [-0.2, -0.15) is 5.10 Å². The highest BCUT2D eigenvalue weighted by Gasteiger charge is 2.16. The minimum atomic E-state index is -0.230. The standard InChI is InChI=1S/C16H17FN4S/c1-11-15(22-10-19-11)8-18-16(13-7-20-21(2)9-13)12-3-5-14(17)6-4-12/h3-7,9-10,16,18H,8H2,1-2H3/t16-/m1/s1. The molecule has 0 aliphatic carbocycles. The fourth-order valence-electron chi connectivity index (χ4n) is 2.36. The lowest BCUT2D eigenvalue weighted by Crippen LogP contribution is -2.21. The van der Waals surface area contributed by atoms with Gasteiger partial charge in [-0.3, -0.25) is 4.68 Å². The van der Waals surface area contributed by atoms with E-state index in [0.29, 0.717) is 6.54 Å². The minimum Gasteiger partial charge on any atom is -0.301 e. The van der Waals surface area contributed by atoms with E-state index < -0.39 is 0 Å². The van der Waals surface area contributed by atoms with Gasteiger partial charge in [0.25, 0.3) is 0 Å². The van der Waals surface area contributed by atoms with Crippen LogP contribution in [0.4, 0.5) is 4.39 Å². The summed E-state index contributed by atoms with van der Waals surface area (Å²) in [5, 5.41) is 7.76. The second kappa shape index (κ2) is 6.37. The highest BCUT2D eigenvalue weighted by atomic mass is 32.1. The Morgan fingerprint density at radius 2 is 2.05 bits per heavy atom. The molecule has 0 radical (unpaired) electrons. The van der Waals surface area contributed by atoms with Gasteiger partial charge in [0.15, 0.2) is 0 Å². The van der Waals surface area contributed by atoms with Crippen LogP contribution < -0.4 is 5.32 Å². The second-order valence-electron chi connectivity index (χ2n) is 5.17. The van der Waals surface area contributed by atoms with Gasteiger partial charge in [0, 0.05) is 30.2 Å². The third-order valence-electron chi connectivity index (χ3n) is 3.57. The molecule has 4 nitrogen and oxygen atoms in total. The zero-order chi connectivity index (χ0) is 15.5. The SMILES string of the molecule is Cc1ncsc1CN[C@H](c1ccc(F)cc1)c1cnn(C)c1. The number of nitrogens with one attached hydrogen (secondary N) is 1. The van der Waals surface area contributed by atoms with Crippen molar-refractivity contribution in [1.29, 1.82) is 0 Å². The van der Waals surface area contributed by atoms with E-state index in [0.717, 1.165) is 16.8 Å². The fraction of sp³-hybridized carbons (Fsp3) is 0.250. The van der Waals surface area contributed by atoms with Crippen LogP contribution in [-0.4, -0.2) is 14.8 Å². The first-order chi connectivity index (χ1) is 10.6. The third-order valence-corrected chi connectivity index (χ3v) is 4.51. The summed E-state index contributed by atoms with van der Waals surface area (Å²) in [6.45, 7) is 2.72. The molecule has 1 N–H and O–H groups in total. The van der Waals surface area contributed by atoms with E-state index in [4.69, 9.17) is 0 Å². The molecule has 2 aromatic heterocycles. The number of benzene rings is 1. The fourth-order valence-corrected chi connectivity index (χ4v) is 3.09. The molecule has 0 fully saturated rings. The minimum absolute atomic E-state index is 0.0317. The molecule has 0 aliphatic rings. The lowest BCUT2D eigenvalue weighted by Gasteiger charge is -2.18. The van der Waals surface area contributed by atoms with Crippen molar-refractivity contribution in [2.45, 2.75) is 19.5 Å². The van der Waals surface area contributed by atoms with Crippen LogP contribution in [0.15, 0.2) is 42.2 Å². The Morgan fingerprint density at radius 3 is 2.64 bits per heavy atom. The van der Waals surface area contributed by atoms with E-state index >= 15 is 0 Å². The number of hydrogen-bond acceptors (Lipinski definition) is 4. The van der Waals surface area contributed by atoms with E-state index in [1.165, 1.54) is 17.0 Å². The number of nitrogens with zero attached hydrogens (tertiary/aromatic N) is 3. The van der Waals surface area contributed by atoms with E-state index in [9.17, 15) is 4.39 Å². The average molecular weight is 316 g/mol. The van der Waals surface area contributed by atoms with Crippen LogP contribution in [0.3, 0.4) is 0 Å². The summed E-state index contributed by atoms with van der Waals surface area (Å²) in [5.41, 5.74) is 4.96. The molecule has 0 amide bonds. The third kappa shape index (κ3) is 3.23. The van der Waals surface area contributed by atoms with Crippen LogP contribution in [0.1, 0.15) is 27.7 Å². The number of hydrogen-bond donors (Lipinski definition) is 1. The predicted molar refractivity (Wildman–Crippen MR) is 85.1 cm³/mol. The van der Waals surface area contributed by atoms with Crippen molar-refractivity contribution in [3.05, 3.63) is 69.7 Å². The molecule has 6 heteroatoms. The van der Waals surface area contributed by atoms with Crippen molar-refractivity contribution in [3.8, 4) is 0 Å². The molecular weight excluding hydrogens is 299 g/mol. The largest absolute Gasteiger partial charge is 0.301 e. The molecule has 2 heterocycles. The van der Waals surface area contributed by atoms with Crippen molar-refractivity contribution in [3.63, 3.8) is 0 Å². The summed E-state index contributed by atoms with van der Waals surface area (Å²) in [4.78, 5) is 5.47. The van der Waals surface area contributed by atoms with Gasteiger partial charge in [0.05, 0.1) is 23.4 Å². The monoisotopic (exact) mass is 316 g/mol. The van der Waals surface area contributed by atoms with Crippen LogP contribution in [0.25, 0.3) is 0 Å². The van der Waals surface area contributed by atoms with Crippen molar-refractivity contribution in [1.82, 2.24) is 20.1 Å². The van der Waals surface area contributed by atoms with Gasteiger partial charge < -0.3 is 5.32 Å². The Balaban J connectivity index is 1.86. The van der Waals surface area contributed by atoms with Crippen LogP contribution >= 0.6 is 11.3 Å². The summed E-state index contributed by atoms with van der Waals surface area (Å²) in [6.07, 6.45) is 3.81. The zero-order valence-corrected chi connectivity index (χ0v) is 13.3. The summed E-state index contributed by atoms with van der Waals surface area (Å²) in [6, 6.07) is 6.55. The molecule has 0 spiro atoms. The Morgan fingerprint density at radius 1 is 1.27 bits per heavy atom. The molecule has 0 bridgehead atoms. The number of rotatable bonds is 5. The van der Waals surface area contributed by atoms with E-state index in [1.807, 2.05) is 31.9 Å². The first-order valence-electron chi connectivity index (χ1n) is 7.00. The van der Waals surface area contributed by atoms with Crippen LogP contribution in [0.2, 0.25) is 0 Å². The summed E-state index contributed by atoms with van der Waals surface area (Å²) in [5.74, 6) is -0.230. The molecule has 0 unspecified atom stereocenters. The van der Waals surface area contributed by atoms with Gasteiger partial charge in [0.2, 0.25) is 0 Å². The number of thiazole rings is 1. The highest BCUT2D eigenvalue weighted by Crippen LogP contribution is 2.23. The van der Waals surface area contributed by atoms with Gasteiger partial charge in [-0.05, 0) is 24.6 Å². The molecule has 3 rings (SSSR count). The molecule has 0 aliphatic heterocycles.